The highest BCUT2D eigenvalue weighted by atomic mass is 35.5. The molecule has 0 radical (unpaired) electrons. The molecular weight excluding hydrogens is 260 g/mol. The van der Waals surface area contributed by atoms with E-state index in [0.29, 0.717) is 10.8 Å². The average Bonchev–Trinajstić information content (AvgIpc) is 2.19. The number of carboxylic acids is 1. The zero-order valence-corrected chi connectivity index (χ0v) is 11.0. The van der Waals surface area contributed by atoms with Crippen LogP contribution in [-0.2, 0) is 0 Å². The topological polar surface area (TPSA) is 61.4 Å². The molecule has 0 fully saturated rings. The van der Waals surface area contributed by atoms with Gasteiger partial charge in [0.15, 0.2) is 5.11 Å². The normalized spacial score (nSPS) is 10.1. The Labute approximate surface area is 110 Å². The molecule has 0 spiro atoms. The van der Waals surface area contributed by atoms with E-state index >= 15 is 0 Å². The highest BCUT2D eigenvalue weighted by Gasteiger charge is 2.09. The Bertz CT molecular complexity index is 449. The van der Waals surface area contributed by atoms with Gasteiger partial charge in [-0.15, -0.1) is 0 Å². The summed E-state index contributed by atoms with van der Waals surface area (Å²) in [6.45, 7) is 3.91. The predicted octanol–water partition coefficient (Wildman–Crippen LogP) is 2.73. The number of halogens is 1. The number of hydrogen-bond acceptors (Lipinski definition) is 2. The number of carbonyl (C=O) groups is 1. The van der Waals surface area contributed by atoms with Crippen LogP contribution in [0, 0.1) is 0 Å². The smallest absolute Gasteiger partial charge is 0.337 e. The number of rotatable bonds is 3. The van der Waals surface area contributed by atoms with Crippen LogP contribution in [-0.4, -0.2) is 22.2 Å². The minimum Gasteiger partial charge on any atom is -0.478 e. The van der Waals surface area contributed by atoms with Gasteiger partial charge in [-0.2, -0.15) is 0 Å². The molecule has 0 aliphatic carbocycles. The number of nitrogens with one attached hydrogen (secondary N) is 2. The maximum Gasteiger partial charge on any atom is 0.337 e. The Morgan fingerprint density at radius 2 is 2.12 bits per heavy atom. The Kier molecular flexibility index (Phi) is 4.72. The van der Waals surface area contributed by atoms with Crippen molar-refractivity contribution in [3.8, 4) is 0 Å². The van der Waals surface area contributed by atoms with Gasteiger partial charge in [-0.05, 0) is 44.3 Å². The van der Waals surface area contributed by atoms with Crippen molar-refractivity contribution in [3.05, 3.63) is 28.8 Å². The Morgan fingerprint density at radius 3 is 2.65 bits per heavy atom. The van der Waals surface area contributed by atoms with Crippen molar-refractivity contribution in [2.24, 2.45) is 0 Å². The van der Waals surface area contributed by atoms with Gasteiger partial charge in [0.1, 0.15) is 0 Å². The van der Waals surface area contributed by atoms with Crippen LogP contribution in [0.15, 0.2) is 18.2 Å². The van der Waals surface area contributed by atoms with Crippen LogP contribution in [0.3, 0.4) is 0 Å². The summed E-state index contributed by atoms with van der Waals surface area (Å²) in [5.41, 5.74) is 0.633. The van der Waals surface area contributed by atoms with Crippen molar-refractivity contribution >= 4 is 40.6 Å². The summed E-state index contributed by atoms with van der Waals surface area (Å²) in [7, 11) is 0. The Balaban J connectivity index is 2.82. The molecule has 0 unspecified atom stereocenters. The maximum absolute atomic E-state index is 10.9. The molecule has 0 aromatic heterocycles. The number of benzene rings is 1. The van der Waals surface area contributed by atoms with E-state index < -0.39 is 5.97 Å². The van der Waals surface area contributed by atoms with E-state index in [4.69, 9.17) is 28.9 Å². The van der Waals surface area contributed by atoms with E-state index in [0.717, 1.165) is 0 Å². The van der Waals surface area contributed by atoms with E-state index in [-0.39, 0.29) is 16.6 Å². The van der Waals surface area contributed by atoms with Gasteiger partial charge in [0.25, 0.3) is 0 Å². The average molecular weight is 273 g/mol. The number of thiocarbonyl (C=S) groups is 1. The monoisotopic (exact) mass is 272 g/mol. The molecule has 0 saturated carbocycles. The summed E-state index contributed by atoms with van der Waals surface area (Å²) in [4.78, 5) is 10.9. The first-order chi connectivity index (χ1) is 7.90. The molecule has 0 aliphatic heterocycles. The number of aromatic carboxylic acids is 1. The van der Waals surface area contributed by atoms with Gasteiger partial charge >= 0.3 is 5.97 Å². The largest absolute Gasteiger partial charge is 0.478 e. The maximum atomic E-state index is 10.9. The molecule has 0 amide bonds. The molecular formula is C11H13ClN2O2S. The van der Waals surface area contributed by atoms with E-state index in [1.54, 1.807) is 6.07 Å². The lowest BCUT2D eigenvalue weighted by molar-refractivity contribution is 0.0697. The second-order valence-corrected chi connectivity index (χ2v) is 4.57. The lowest BCUT2D eigenvalue weighted by Gasteiger charge is -2.13. The van der Waals surface area contributed by atoms with Crippen molar-refractivity contribution in [3.63, 3.8) is 0 Å². The molecule has 17 heavy (non-hydrogen) atoms. The molecule has 0 saturated heterocycles. The first-order valence-corrected chi connectivity index (χ1v) is 5.79. The standard InChI is InChI=1S/C11H13ClN2O2S/c1-6(2)13-11(17)14-7-3-4-9(12)8(5-7)10(15)16/h3-6H,1-2H3,(H,15,16)(H2,13,14,17). The summed E-state index contributed by atoms with van der Waals surface area (Å²) >= 11 is 10.8. The fourth-order valence-corrected chi connectivity index (χ4v) is 1.75. The van der Waals surface area contributed by atoms with Crippen LogP contribution >= 0.6 is 23.8 Å². The molecule has 1 rings (SSSR count). The predicted molar refractivity (Wildman–Crippen MR) is 72.9 cm³/mol. The van der Waals surface area contributed by atoms with Crippen LogP contribution in [0.4, 0.5) is 5.69 Å². The zero-order valence-electron chi connectivity index (χ0n) is 9.45. The quantitative estimate of drug-likeness (QED) is 0.739. The van der Waals surface area contributed by atoms with E-state index in [1.807, 2.05) is 13.8 Å². The molecule has 4 nitrogen and oxygen atoms in total. The van der Waals surface area contributed by atoms with Crippen LogP contribution in [0.1, 0.15) is 24.2 Å². The van der Waals surface area contributed by atoms with Crippen molar-refractivity contribution in [1.82, 2.24) is 5.32 Å². The van der Waals surface area contributed by atoms with Gasteiger partial charge < -0.3 is 15.7 Å². The first kappa shape index (κ1) is 13.7. The van der Waals surface area contributed by atoms with E-state index in [1.165, 1.54) is 12.1 Å². The third-order valence-corrected chi connectivity index (χ3v) is 2.42. The highest BCUT2D eigenvalue weighted by molar-refractivity contribution is 7.80. The molecule has 6 heteroatoms. The number of carboxylic acid groups (broad SMARTS) is 1. The fourth-order valence-electron chi connectivity index (χ4n) is 1.20. The molecule has 1 aromatic rings. The van der Waals surface area contributed by atoms with Gasteiger partial charge in [0.2, 0.25) is 0 Å². The van der Waals surface area contributed by atoms with Crippen LogP contribution in [0.2, 0.25) is 5.02 Å². The van der Waals surface area contributed by atoms with Crippen molar-refractivity contribution in [2.75, 3.05) is 5.32 Å². The van der Waals surface area contributed by atoms with E-state index in [2.05, 4.69) is 10.6 Å². The van der Waals surface area contributed by atoms with Crippen LogP contribution in [0.5, 0.6) is 0 Å². The summed E-state index contributed by atoms with van der Waals surface area (Å²) in [6.07, 6.45) is 0. The van der Waals surface area contributed by atoms with Crippen molar-refractivity contribution < 1.29 is 9.90 Å². The second kappa shape index (κ2) is 5.84. The number of anilines is 1. The van der Waals surface area contributed by atoms with Crippen LogP contribution < -0.4 is 10.6 Å². The van der Waals surface area contributed by atoms with Gasteiger partial charge in [-0.3, -0.25) is 0 Å². The van der Waals surface area contributed by atoms with Crippen molar-refractivity contribution in [1.29, 1.82) is 0 Å². The molecule has 3 N–H and O–H groups in total. The zero-order chi connectivity index (χ0) is 13.0. The Morgan fingerprint density at radius 1 is 1.47 bits per heavy atom. The van der Waals surface area contributed by atoms with Gasteiger partial charge in [0.05, 0.1) is 10.6 Å². The minimum atomic E-state index is -1.07. The highest BCUT2D eigenvalue weighted by Crippen LogP contribution is 2.20. The summed E-state index contributed by atoms with van der Waals surface area (Å²) in [5, 5.41) is 15.4. The molecule has 92 valence electrons. The third kappa shape index (κ3) is 4.20. The van der Waals surface area contributed by atoms with Gasteiger partial charge in [0, 0.05) is 11.7 Å². The first-order valence-electron chi connectivity index (χ1n) is 5.00. The molecule has 0 atom stereocenters. The van der Waals surface area contributed by atoms with Crippen molar-refractivity contribution in [2.45, 2.75) is 19.9 Å². The summed E-state index contributed by atoms with van der Waals surface area (Å²) in [6, 6.07) is 4.84. The molecule has 0 aliphatic rings. The lowest BCUT2D eigenvalue weighted by atomic mass is 10.2. The molecule has 0 heterocycles. The molecule has 1 aromatic carbocycles. The van der Waals surface area contributed by atoms with Crippen LogP contribution in [0.25, 0.3) is 0 Å². The third-order valence-electron chi connectivity index (χ3n) is 1.87. The van der Waals surface area contributed by atoms with Gasteiger partial charge in [-0.25, -0.2) is 4.79 Å². The lowest BCUT2D eigenvalue weighted by Crippen LogP contribution is -2.33. The van der Waals surface area contributed by atoms with Gasteiger partial charge in [-0.1, -0.05) is 11.6 Å². The minimum absolute atomic E-state index is 0.0454. The van der Waals surface area contributed by atoms with E-state index in [9.17, 15) is 4.79 Å². The fraction of sp³-hybridized carbons (Fsp3) is 0.273. The second-order valence-electron chi connectivity index (χ2n) is 3.75. The summed E-state index contributed by atoms with van der Waals surface area (Å²) < 4.78 is 0. The molecule has 0 bridgehead atoms. The SMILES string of the molecule is CC(C)NC(=S)Nc1ccc(Cl)c(C(=O)O)c1. The summed E-state index contributed by atoms with van der Waals surface area (Å²) in [5.74, 6) is -1.07. The number of hydrogen-bond donors (Lipinski definition) is 3. The Hall–Kier alpha value is -1.33.